The van der Waals surface area contributed by atoms with Crippen LogP contribution in [0.1, 0.15) is 32.6 Å². The second-order valence-electron chi connectivity index (χ2n) is 5.17. The highest BCUT2D eigenvalue weighted by Crippen LogP contribution is 2.30. The topological polar surface area (TPSA) is 63.8 Å². The summed E-state index contributed by atoms with van der Waals surface area (Å²) >= 11 is 1.67. The van der Waals surface area contributed by atoms with Crippen LogP contribution in [0.25, 0.3) is 10.2 Å². The number of anilines is 2. The van der Waals surface area contributed by atoms with Crippen molar-refractivity contribution in [2.45, 2.75) is 38.6 Å². The first-order valence-electron chi connectivity index (χ1n) is 6.49. The lowest BCUT2D eigenvalue weighted by atomic mass is 9.87. The molecule has 0 unspecified atom stereocenters. The predicted octanol–water partition coefficient (Wildman–Crippen LogP) is 3.26. The highest BCUT2D eigenvalue weighted by atomic mass is 32.1. The molecule has 96 valence electrons. The third-order valence-electron chi connectivity index (χ3n) is 3.68. The molecule has 3 rings (SSSR count). The molecule has 3 N–H and O–H groups in total. The van der Waals surface area contributed by atoms with E-state index in [0.717, 1.165) is 22.0 Å². The minimum absolute atomic E-state index is 0.354. The van der Waals surface area contributed by atoms with Gasteiger partial charge in [0.15, 0.2) is 0 Å². The number of nitrogen functional groups attached to an aromatic ring is 1. The van der Waals surface area contributed by atoms with E-state index in [2.05, 4.69) is 22.2 Å². The highest BCUT2D eigenvalue weighted by Gasteiger charge is 2.19. The first-order valence-corrected chi connectivity index (χ1v) is 7.37. The first-order chi connectivity index (χ1) is 8.72. The maximum atomic E-state index is 5.75. The Kier molecular flexibility index (Phi) is 3.07. The summed E-state index contributed by atoms with van der Waals surface area (Å²) in [7, 11) is 0. The van der Waals surface area contributed by atoms with E-state index >= 15 is 0 Å². The number of hydrogen-bond donors (Lipinski definition) is 2. The quantitative estimate of drug-likeness (QED) is 0.872. The van der Waals surface area contributed by atoms with Gasteiger partial charge >= 0.3 is 0 Å². The molecule has 1 aliphatic carbocycles. The second kappa shape index (κ2) is 4.72. The molecule has 0 aliphatic heterocycles. The molecular weight excluding hydrogens is 244 g/mol. The maximum Gasteiger partial charge on any atom is 0.222 e. The molecule has 0 amide bonds. The lowest BCUT2D eigenvalue weighted by Gasteiger charge is -2.27. The van der Waals surface area contributed by atoms with E-state index in [0.29, 0.717) is 12.0 Å². The van der Waals surface area contributed by atoms with Crippen LogP contribution in [0.15, 0.2) is 11.4 Å². The molecule has 18 heavy (non-hydrogen) atoms. The summed E-state index contributed by atoms with van der Waals surface area (Å²) in [6, 6.07) is 2.52. The van der Waals surface area contributed by atoms with Crippen LogP contribution in [-0.2, 0) is 0 Å². The molecule has 0 atom stereocenters. The van der Waals surface area contributed by atoms with Crippen molar-refractivity contribution in [3.8, 4) is 0 Å². The van der Waals surface area contributed by atoms with Gasteiger partial charge in [-0.05, 0) is 43.0 Å². The molecule has 0 radical (unpaired) electrons. The normalized spacial score (nSPS) is 24.3. The Balaban J connectivity index is 1.83. The molecular formula is C13H18N4S. The molecule has 2 aromatic heterocycles. The van der Waals surface area contributed by atoms with Gasteiger partial charge in [-0.2, -0.15) is 4.98 Å². The van der Waals surface area contributed by atoms with E-state index < -0.39 is 0 Å². The van der Waals surface area contributed by atoms with Crippen molar-refractivity contribution in [3.63, 3.8) is 0 Å². The van der Waals surface area contributed by atoms with Gasteiger partial charge in [-0.25, -0.2) is 4.98 Å². The molecule has 1 aliphatic rings. The van der Waals surface area contributed by atoms with Gasteiger partial charge < -0.3 is 11.1 Å². The van der Waals surface area contributed by atoms with Crippen molar-refractivity contribution >= 4 is 33.3 Å². The van der Waals surface area contributed by atoms with Crippen molar-refractivity contribution in [2.75, 3.05) is 11.1 Å². The van der Waals surface area contributed by atoms with E-state index in [4.69, 9.17) is 5.73 Å². The van der Waals surface area contributed by atoms with E-state index in [1.54, 1.807) is 11.3 Å². The SMILES string of the molecule is CC1CCC(Nc2nc(N)nc3ccsc23)CC1. The predicted molar refractivity (Wildman–Crippen MR) is 76.9 cm³/mol. The number of nitrogens with one attached hydrogen (secondary N) is 1. The van der Waals surface area contributed by atoms with Crippen LogP contribution < -0.4 is 11.1 Å². The van der Waals surface area contributed by atoms with Crippen LogP contribution in [0.2, 0.25) is 0 Å². The number of fused-ring (bicyclic) bond motifs is 1. The van der Waals surface area contributed by atoms with E-state index in [1.807, 2.05) is 11.4 Å². The van der Waals surface area contributed by atoms with Gasteiger partial charge in [0.05, 0.1) is 10.2 Å². The summed E-state index contributed by atoms with van der Waals surface area (Å²) < 4.78 is 1.11. The van der Waals surface area contributed by atoms with Gasteiger partial charge in [-0.15, -0.1) is 11.3 Å². The number of aromatic nitrogens is 2. The Morgan fingerprint density at radius 2 is 2.06 bits per heavy atom. The van der Waals surface area contributed by atoms with Crippen LogP contribution >= 0.6 is 11.3 Å². The second-order valence-corrected chi connectivity index (χ2v) is 6.08. The summed E-state index contributed by atoms with van der Waals surface area (Å²) in [5, 5.41) is 5.59. The summed E-state index contributed by atoms with van der Waals surface area (Å²) in [5.41, 5.74) is 6.70. The zero-order valence-electron chi connectivity index (χ0n) is 10.5. The molecule has 2 heterocycles. The average Bonchev–Trinajstić information content (AvgIpc) is 2.80. The number of nitrogens with two attached hydrogens (primary N) is 1. The smallest absolute Gasteiger partial charge is 0.222 e. The molecule has 0 saturated heterocycles. The van der Waals surface area contributed by atoms with Gasteiger partial charge in [0.1, 0.15) is 5.82 Å². The molecule has 0 spiro atoms. The molecule has 0 bridgehead atoms. The van der Waals surface area contributed by atoms with Crippen LogP contribution in [0.3, 0.4) is 0 Å². The summed E-state index contributed by atoms with van der Waals surface area (Å²) in [6.45, 7) is 2.33. The monoisotopic (exact) mass is 262 g/mol. The van der Waals surface area contributed by atoms with Crippen LogP contribution in [-0.4, -0.2) is 16.0 Å². The minimum Gasteiger partial charge on any atom is -0.368 e. The highest BCUT2D eigenvalue weighted by molar-refractivity contribution is 7.17. The van der Waals surface area contributed by atoms with Gasteiger partial charge in [0.25, 0.3) is 0 Å². The van der Waals surface area contributed by atoms with Crippen LogP contribution in [0.4, 0.5) is 11.8 Å². The summed E-state index contributed by atoms with van der Waals surface area (Å²) in [4.78, 5) is 8.59. The van der Waals surface area contributed by atoms with E-state index in [1.165, 1.54) is 25.7 Å². The maximum absolute atomic E-state index is 5.75. The van der Waals surface area contributed by atoms with Crippen molar-refractivity contribution in [1.29, 1.82) is 0 Å². The molecule has 1 saturated carbocycles. The third kappa shape index (κ3) is 2.27. The molecule has 4 nitrogen and oxygen atoms in total. The van der Waals surface area contributed by atoms with Crippen LogP contribution in [0, 0.1) is 5.92 Å². The van der Waals surface area contributed by atoms with Crippen molar-refractivity contribution in [1.82, 2.24) is 9.97 Å². The van der Waals surface area contributed by atoms with Crippen molar-refractivity contribution in [3.05, 3.63) is 11.4 Å². The molecule has 1 fully saturated rings. The van der Waals surface area contributed by atoms with Gasteiger partial charge in [0, 0.05) is 6.04 Å². The Morgan fingerprint density at radius 3 is 2.83 bits per heavy atom. The Labute approximate surface area is 111 Å². The fraction of sp³-hybridized carbons (Fsp3) is 0.538. The van der Waals surface area contributed by atoms with Crippen LogP contribution in [0.5, 0.6) is 0 Å². The first kappa shape index (κ1) is 11.7. The number of thiophene rings is 1. The number of rotatable bonds is 2. The average molecular weight is 262 g/mol. The fourth-order valence-corrected chi connectivity index (χ4v) is 3.36. The third-order valence-corrected chi connectivity index (χ3v) is 4.59. The zero-order chi connectivity index (χ0) is 12.5. The van der Waals surface area contributed by atoms with Crippen molar-refractivity contribution < 1.29 is 0 Å². The molecule has 5 heteroatoms. The molecule has 0 aromatic carbocycles. The lowest BCUT2D eigenvalue weighted by molar-refractivity contribution is 0.361. The zero-order valence-corrected chi connectivity index (χ0v) is 11.3. The Morgan fingerprint density at radius 1 is 1.28 bits per heavy atom. The van der Waals surface area contributed by atoms with Gasteiger partial charge in [-0.3, -0.25) is 0 Å². The standard InChI is InChI=1S/C13H18N4S/c1-8-2-4-9(5-3-8)15-12-11-10(6-7-18-11)16-13(14)17-12/h6-9H,2-5H2,1H3,(H3,14,15,16,17). The molecule has 2 aromatic rings. The minimum atomic E-state index is 0.354. The summed E-state index contributed by atoms with van der Waals surface area (Å²) in [5.74, 6) is 2.12. The Bertz CT molecular complexity index is 543. The van der Waals surface area contributed by atoms with E-state index in [9.17, 15) is 0 Å². The van der Waals surface area contributed by atoms with Gasteiger partial charge in [0.2, 0.25) is 5.95 Å². The summed E-state index contributed by atoms with van der Waals surface area (Å²) in [6.07, 6.45) is 5.04. The fourth-order valence-electron chi connectivity index (χ4n) is 2.58. The van der Waals surface area contributed by atoms with E-state index in [-0.39, 0.29) is 0 Å². The number of hydrogen-bond acceptors (Lipinski definition) is 5. The Hall–Kier alpha value is -1.36. The number of nitrogens with zero attached hydrogens (tertiary/aromatic N) is 2. The lowest BCUT2D eigenvalue weighted by Crippen LogP contribution is -2.25. The largest absolute Gasteiger partial charge is 0.368 e. The van der Waals surface area contributed by atoms with Gasteiger partial charge in [-0.1, -0.05) is 6.92 Å². The van der Waals surface area contributed by atoms with Crippen molar-refractivity contribution in [2.24, 2.45) is 5.92 Å².